The number of halogens is 1. The Morgan fingerprint density at radius 1 is 1.07 bits per heavy atom. The third-order valence-corrected chi connectivity index (χ3v) is 7.23. The predicted octanol–water partition coefficient (Wildman–Crippen LogP) is 5.05. The molecule has 0 bridgehead atoms. The number of benzene rings is 1. The Labute approximate surface area is 178 Å². The lowest BCUT2D eigenvalue weighted by Gasteiger charge is -2.52. The molecular formula is C23H31BFNO4. The van der Waals surface area contributed by atoms with Crippen molar-refractivity contribution in [1.29, 1.82) is 0 Å². The van der Waals surface area contributed by atoms with Crippen molar-refractivity contribution in [3.8, 4) is 0 Å². The standard InChI is InChI=1S/C23H31BFNO4/c1-21(2)22(3,4)30-24(29-21)19(25)18-10-12-23(13-11-18)15-26(16-23)20(27)28-14-17-8-6-5-7-9-17/h5-9H,10-16H2,1-4H3. The molecular weight excluding hydrogens is 384 g/mol. The molecule has 1 spiro atoms. The molecule has 1 aliphatic carbocycles. The number of hydrogen-bond donors (Lipinski definition) is 0. The zero-order valence-electron chi connectivity index (χ0n) is 18.4. The Morgan fingerprint density at radius 2 is 1.63 bits per heavy atom. The van der Waals surface area contributed by atoms with E-state index >= 15 is 4.39 Å². The second-order valence-electron chi connectivity index (χ2n) is 9.94. The number of carbonyl (C=O) groups excluding carboxylic acids is 1. The van der Waals surface area contributed by atoms with Crippen LogP contribution in [0, 0.1) is 5.41 Å². The summed E-state index contributed by atoms with van der Waals surface area (Å²) >= 11 is 0. The van der Waals surface area contributed by atoms with Crippen molar-refractivity contribution in [3.63, 3.8) is 0 Å². The van der Waals surface area contributed by atoms with Gasteiger partial charge in [-0.25, -0.2) is 9.18 Å². The van der Waals surface area contributed by atoms with Crippen molar-refractivity contribution in [2.45, 2.75) is 71.2 Å². The second kappa shape index (κ2) is 7.68. The summed E-state index contributed by atoms with van der Waals surface area (Å²) in [6, 6.07) is 9.67. The molecule has 2 heterocycles. The molecule has 3 aliphatic rings. The van der Waals surface area contributed by atoms with Crippen LogP contribution in [0.3, 0.4) is 0 Å². The molecule has 0 atom stereocenters. The summed E-state index contributed by atoms with van der Waals surface area (Å²) in [5, 5.41) is 0. The maximum Gasteiger partial charge on any atom is 0.525 e. The summed E-state index contributed by atoms with van der Waals surface area (Å²) < 4.78 is 32.2. The van der Waals surface area contributed by atoms with Gasteiger partial charge >= 0.3 is 13.2 Å². The number of allylic oxidation sites excluding steroid dienone is 1. The quantitative estimate of drug-likeness (QED) is 0.648. The SMILES string of the molecule is CC1(C)OB(C(F)=C2CCC3(CC2)CN(C(=O)OCc2ccccc2)C3)OC1(C)C. The van der Waals surface area contributed by atoms with Crippen LogP contribution >= 0.6 is 0 Å². The van der Waals surface area contributed by atoms with Crippen molar-refractivity contribution >= 4 is 13.2 Å². The Hall–Kier alpha value is -1.86. The number of ether oxygens (including phenoxy) is 1. The lowest BCUT2D eigenvalue weighted by Crippen LogP contribution is -2.59. The first-order valence-electron chi connectivity index (χ1n) is 10.8. The molecule has 1 saturated carbocycles. The van der Waals surface area contributed by atoms with Crippen LogP contribution in [0.15, 0.2) is 41.6 Å². The fourth-order valence-electron chi connectivity index (χ4n) is 4.45. The molecule has 162 valence electrons. The summed E-state index contributed by atoms with van der Waals surface area (Å²) in [4.78, 5) is 14.0. The number of rotatable bonds is 3. The van der Waals surface area contributed by atoms with Crippen molar-refractivity contribution in [1.82, 2.24) is 4.90 Å². The van der Waals surface area contributed by atoms with Crippen LogP contribution in [0.4, 0.5) is 9.18 Å². The van der Waals surface area contributed by atoms with Crippen LogP contribution in [-0.2, 0) is 20.7 Å². The van der Waals surface area contributed by atoms with E-state index in [-0.39, 0.29) is 23.8 Å². The van der Waals surface area contributed by atoms with Crippen molar-refractivity contribution in [2.24, 2.45) is 5.41 Å². The summed E-state index contributed by atoms with van der Waals surface area (Å²) in [5.74, 6) is 0. The Kier molecular flexibility index (Phi) is 5.48. The fourth-order valence-corrected chi connectivity index (χ4v) is 4.45. The number of hydrogen-bond acceptors (Lipinski definition) is 4. The predicted molar refractivity (Wildman–Crippen MR) is 113 cm³/mol. The summed E-state index contributed by atoms with van der Waals surface area (Å²) in [5.41, 5.74) is 0.517. The van der Waals surface area contributed by atoms with E-state index in [1.807, 2.05) is 58.0 Å². The van der Waals surface area contributed by atoms with Crippen molar-refractivity contribution in [2.75, 3.05) is 13.1 Å². The van der Waals surface area contributed by atoms with E-state index in [0.29, 0.717) is 25.9 Å². The van der Waals surface area contributed by atoms with Crippen LogP contribution < -0.4 is 0 Å². The van der Waals surface area contributed by atoms with E-state index in [9.17, 15) is 4.79 Å². The van der Waals surface area contributed by atoms with Gasteiger partial charge in [0.25, 0.3) is 0 Å². The van der Waals surface area contributed by atoms with E-state index in [2.05, 4.69) is 0 Å². The van der Waals surface area contributed by atoms with Gasteiger partial charge in [-0.2, -0.15) is 0 Å². The van der Waals surface area contributed by atoms with Crippen LogP contribution in [0.5, 0.6) is 0 Å². The Bertz CT molecular complexity index is 805. The summed E-state index contributed by atoms with van der Waals surface area (Å²) in [7, 11) is -0.912. The zero-order chi connectivity index (χ0) is 21.6. The molecule has 30 heavy (non-hydrogen) atoms. The number of carbonyl (C=O) groups is 1. The molecule has 1 aromatic rings. The molecule has 2 aliphatic heterocycles. The largest absolute Gasteiger partial charge is 0.525 e. The average molecular weight is 415 g/mol. The molecule has 1 aromatic carbocycles. The summed E-state index contributed by atoms with van der Waals surface area (Å²) in [6.45, 7) is 9.38. The molecule has 0 radical (unpaired) electrons. The maximum absolute atomic E-state index is 15.1. The number of nitrogens with zero attached hydrogens (tertiary/aromatic N) is 1. The maximum atomic E-state index is 15.1. The Morgan fingerprint density at radius 3 is 2.20 bits per heavy atom. The van der Waals surface area contributed by atoms with Crippen LogP contribution in [-0.4, -0.2) is 42.4 Å². The van der Waals surface area contributed by atoms with Crippen LogP contribution in [0.25, 0.3) is 0 Å². The molecule has 0 aromatic heterocycles. The third-order valence-electron chi connectivity index (χ3n) is 7.23. The molecule has 0 N–H and O–H groups in total. The van der Waals surface area contributed by atoms with Crippen LogP contribution in [0.2, 0.25) is 0 Å². The lowest BCUT2D eigenvalue weighted by molar-refractivity contribution is -0.0216. The van der Waals surface area contributed by atoms with Crippen molar-refractivity contribution < 1.29 is 23.2 Å². The van der Waals surface area contributed by atoms with Gasteiger partial charge in [0.2, 0.25) is 0 Å². The van der Waals surface area contributed by atoms with Gasteiger partial charge in [-0.1, -0.05) is 30.3 Å². The zero-order valence-corrected chi connectivity index (χ0v) is 18.4. The molecule has 1 amide bonds. The molecule has 0 unspecified atom stereocenters. The van der Waals surface area contributed by atoms with Gasteiger partial charge in [-0.15, -0.1) is 0 Å². The van der Waals surface area contributed by atoms with E-state index in [0.717, 1.165) is 24.0 Å². The van der Waals surface area contributed by atoms with E-state index in [1.165, 1.54) is 0 Å². The average Bonchev–Trinajstić information content (AvgIpc) is 2.92. The molecule has 7 heteroatoms. The van der Waals surface area contributed by atoms with Gasteiger partial charge < -0.3 is 18.9 Å². The van der Waals surface area contributed by atoms with E-state index < -0.39 is 18.3 Å². The fraction of sp³-hybridized carbons (Fsp3) is 0.609. The van der Waals surface area contributed by atoms with Crippen LogP contribution in [0.1, 0.15) is 58.9 Å². The van der Waals surface area contributed by atoms with E-state index in [4.69, 9.17) is 14.0 Å². The first-order chi connectivity index (χ1) is 14.1. The minimum absolute atomic E-state index is 0.0888. The van der Waals surface area contributed by atoms with Gasteiger partial charge in [0.1, 0.15) is 12.3 Å². The highest BCUT2D eigenvalue weighted by atomic mass is 19.1. The Balaban J connectivity index is 1.27. The smallest absolute Gasteiger partial charge is 0.445 e. The normalized spacial score (nSPS) is 24.0. The van der Waals surface area contributed by atoms with E-state index in [1.54, 1.807) is 4.90 Å². The van der Waals surface area contributed by atoms with Gasteiger partial charge in [-0.3, -0.25) is 0 Å². The topological polar surface area (TPSA) is 48.0 Å². The minimum Gasteiger partial charge on any atom is -0.445 e. The molecule has 3 fully saturated rings. The molecule has 2 saturated heterocycles. The molecule has 5 nitrogen and oxygen atoms in total. The molecule has 4 rings (SSSR count). The minimum atomic E-state index is -0.912. The highest BCUT2D eigenvalue weighted by molar-refractivity contribution is 6.53. The van der Waals surface area contributed by atoms with Crippen molar-refractivity contribution in [3.05, 3.63) is 47.2 Å². The lowest BCUT2D eigenvalue weighted by atomic mass is 9.66. The van der Waals surface area contributed by atoms with Gasteiger partial charge in [0.15, 0.2) is 0 Å². The first-order valence-corrected chi connectivity index (χ1v) is 10.8. The summed E-state index contributed by atoms with van der Waals surface area (Å²) in [6.07, 6.45) is 2.84. The van der Waals surface area contributed by atoms with Gasteiger partial charge in [-0.05, 0) is 64.5 Å². The van der Waals surface area contributed by atoms with Gasteiger partial charge in [0.05, 0.1) is 11.2 Å². The first kappa shape index (κ1) is 21.4. The monoisotopic (exact) mass is 415 g/mol. The third kappa shape index (κ3) is 4.02. The number of amides is 1. The highest BCUT2D eigenvalue weighted by Crippen LogP contribution is 2.47. The van der Waals surface area contributed by atoms with Gasteiger partial charge in [0, 0.05) is 18.5 Å². The number of likely N-dealkylation sites (tertiary alicyclic amines) is 1. The second-order valence-corrected chi connectivity index (χ2v) is 9.94. The highest BCUT2D eigenvalue weighted by Gasteiger charge is 2.54.